The van der Waals surface area contributed by atoms with Gasteiger partial charge in [0.25, 0.3) is 5.91 Å². The predicted molar refractivity (Wildman–Crippen MR) is 122 cm³/mol. The van der Waals surface area contributed by atoms with Gasteiger partial charge in [0.05, 0.1) is 25.0 Å². The van der Waals surface area contributed by atoms with Gasteiger partial charge in [-0.3, -0.25) is 9.78 Å². The number of ether oxygens (including phenoxy) is 2. The van der Waals surface area contributed by atoms with Gasteiger partial charge in [-0.05, 0) is 56.7 Å². The first-order valence-electron chi connectivity index (χ1n) is 10.4. The van der Waals surface area contributed by atoms with Gasteiger partial charge in [0.2, 0.25) is 0 Å². The zero-order valence-electron chi connectivity index (χ0n) is 18.7. The normalized spacial score (nSPS) is 10.9. The monoisotopic (exact) mass is 430 g/mol. The average molecular weight is 431 g/mol. The molecule has 0 saturated heterocycles. The van der Waals surface area contributed by atoms with Crippen LogP contribution in [0.5, 0.6) is 11.5 Å². The van der Waals surface area contributed by atoms with E-state index in [2.05, 4.69) is 15.3 Å². The van der Waals surface area contributed by atoms with Gasteiger partial charge in [-0.25, -0.2) is 4.98 Å². The average Bonchev–Trinajstić information content (AvgIpc) is 3.22. The van der Waals surface area contributed by atoms with Crippen LogP contribution in [-0.4, -0.2) is 27.4 Å². The number of methoxy groups -OCH3 is 1. The molecule has 4 rings (SSSR count). The number of fused-ring (bicyclic) bond motifs is 1. The minimum atomic E-state index is -0.173. The summed E-state index contributed by atoms with van der Waals surface area (Å²) in [6.07, 6.45) is 5.68. The third kappa shape index (κ3) is 4.42. The molecular weight excluding hydrogens is 404 g/mol. The van der Waals surface area contributed by atoms with Crippen LogP contribution in [0.1, 0.15) is 38.4 Å². The van der Waals surface area contributed by atoms with Crippen molar-refractivity contribution in [3.63, 3.8) is 0 Å². The lowest BCUT2D eigenvalue weighted by Crippen LogP contribution is -2.24. The van der Waals surface area contributed by atoms with Crippen molar-refractivity contribution in [3.05, 3.63) is 88.6 Å². The molecule has 0 aliphatic heterocycles. The number of aromatic nitrogens is 3. The number of hydrogen-bond donors (Lipinski definition) is 1. The maximum Gasteiger partial charge on any atom is 0.251 e. The third-order valence-electron chi connectivity index (χ3n) is 5.40. The van der Waals surface area contributed by atoms with Crippen molar-refractivity contribution < 1.29 is 14.3 Å². The van der Waals surface area contributed by atoms with Crippen molar-refractivity contribution in [2.75, 3.05) is 7.11 Å². The van der Waals surface area contributed by atoms with E-state index in [1.165, 1.54) is 0 Å². The molecule has 164 valence electrons. The molecule has 0 atom stereocenters. The van der Waals surface area contributed by atoms with E-state index in [4.69, 9.17) is 9.47 Å². The maximum atomic E-state index is 12.5. The van der Waals surface area contributed by atoms with Crippen LogP contribution in [0.4, 0.5) is 0 Å². The summed E-state index contributed by atoms with van der Waals surface area (Å²) >= 11 is 0. The van der Waals surface area contributed by atoms with Crippen LogP contribution < -0.4 is 14.8 Å². The van der Waals surface area contributed by atoms with E-state index in [0.717, 1.165) is 39.5 Å². The van der Waals surface area contributed by atoms with Crippen molar-refractivity contribution in [3.8, 4) is 11.5 Å². The van der Waals surface area contributed by atoms with Crippen LogP contribution in [0, 0.1) is 20.8 Å². The van der Waals surface area contributed by atoms with E-state index >= 15 is 0 Å². The lowest BCUT2D eigenvalue weighted by atomic mass is 10.1. The molecule has 1 amide bonds. The number of aryl methyl sites for hydroxylation is 2. The Bertz CT molecular complexity index is 1260. The Hall–Kier alpha value is -3.87. The molecule has 0 spiro atoms. The number of nitrogens with zero attached hydrogens (tertiary/aromatic N) is 3. The lowest BCUT2D eigenvalue weighted by molar-refractivity contribution is 0.0950. The van der Waals surface area contributed by atoms with Crippen LogP contribution >= 0.6 is 0 Å². The van der Waals surface area contributed by atoms with Crippen molar-refractivity contribution in [1.29, 1.82) is 0 Å². The van der Waals surface area contributed by atoms with Crippen molar-refractivity contribution in [1.82, 2.24) is 19.7 Å². The number of amides is 1. The molecule has 1 N–H and O–H groups in total. The highest BCUT2D eigenvalue weighted by Gasteiger charge is 2.12. The molecule has 3 heterocycles. The Morgan fingerprint density at radius 2 is 1.88 bits per heavy atom. The number of benzene rings is 1. The zero-order chi connectivity index (χ0) is 22.7. The maximum absolute atomic E-state index is 12.5. The third-order valence-corrected chi connectivity index (χ3v) is 5.40. The number of carbonyl (C=O) groups is 1. The lowest BCUT2D eigenvalue weighted by Gasteiger charge is -2.13. The molecule has 0 fully saturated rings. The molecule has 3 aromatic heterocycles. The van der Waals surface area contributed by atoms with Gasteiger partial charge >= 0.3 is 0 Å². The first-order chi connectivity index (χ1) is 15.5. The molecule has 7 nitrogen and oxygen atoms in total. The summed E-state index contributed by atoms with van der Waals surface area (Å²) in [5.74, 6) is 1.30. The fraction of sp³-hybridized carbons (Fsp3) is 0.240. The van der Waals surface area contributed by atoms with Crippen LogP contribution in [-0.2, 0) is 13.2 Å². The Balaban J connectivity index is 1.35. The number of hydrogen-bond acceptors (Lipinski definition) is 5. The largest absolute Gasteiger partial charge is 0.496 e. The van der Waals surface area contributed by atoms with E-state index in [9.17, 15) is 4.79 Å². The highest BCUT2D eigenvalue weighted by Crippen LogP contribution is 2.24. The summed E-state index contributed by atoms with van der Waals surface area (Å²) in [4.78, 5) is 21.6. The van der Waals surface area contributed by atoms with Gasteiger partial charge in [-0.2, -0.15) is 0 Å². The fourth-order valence-corrected chi connectivity index (χ4v) is 3.65. The predicted octanol–water partition coefficient (Wildman–Crippen LogP) is 4.17. The first-order valence-corrected chi connectivity index (χ1v) is 10.4. The molecule has 0 bridgehead atoms. The molecule has 4 aromatic rings. The van der Waals surface area contributed by atoms with Gasteiger partial charge in [0.1, 0.15) is 23.8 Å². The van der Waals surface area contributed by atoms with Crippen molar-refractivity contribution >= 4 is 11.6 Å². The number of pyridine rings is 2. The zero-order valence-corrected chi connectivity index (χ0v) is 18.7. The van der Waals surface area contributed by atoms with E-state index in [-0.39, 0.29) is 5.91 Å². The Morgan fingerprint density at radius 1 is 1.09 bits per heavy atom. The quantitative estimate of drug-likeness (QED) is 0.476. The van der Waals surface area contributed by atoms with Crippen LogP contribution in [0.15, 0.2) is 55.0 Å². The molecule has 0 aliphatic carbocycles. The summed E-state index contributed by atoms with van der Waals surface area (Å²) in [5.41, 5.74) is 6.11. The molecule has 0 aliphatic rings. The van der Waals surface area contributed by atoms with E-state index in [1.807, 2.05) is 49.7 Å². The van der Waals surface area contributed by atoms with Crippen molar-refractivity contribution in [2.45, 2.75) is 33.9 Å². The summed E-state index contributed by atoms with van der Waals surface area (Å²) in [6, 6.07) is 11.1. The SMILES string of the molecule is COc1c(C)cnc(CNC(=O)c2ccc(OCc3cn4cccc(C)c4n3)cc2)c1C. The summed E-state index contributed by atoms with van der Waals surface area (Å²) in [7, 11) is 1.64. The molecule has 7 heteroatoms. The van der Waals surface area contributed by atoms with Crippen LogP contribution in [0.3, 0.4) is 0 Å². The minimum Gasteiger partial charge on any atom is -0.496 e. The van der Waals surface area contributed by atoms with Gasteiger partial charge < -0.3 is 19.2 Å². The minimum absolute atomic E-state index is 0.173. The van der Waals surface area contributed by atoms with E-state index < -0.39 is 0 Å². The standard InChI is InChI=1S/C25H26N4O3/c1-16-6-5-11-29-14-20(28-24(16)29)15-32-21-9-7-19(8-10-21)25(30)27-13-22-18(3)23(31-4)17(2)12-26-22/h5-12,14H,13,15H2,1-4H3,(H,27,30). The van der Waals surface area contributed by atoms with E-state index in [1.54, 1.807) is 37.6 Å². The first kappa shape index (κ1) is 21.4. The molecule has 0 radical (unpaired) electrons. The second-order valence-electron chi connectivity index (χ2n) is 7.70. The van der Waals surface area contributed by atoms with Gasteiger partial charge in [-0.15, -0.1) is 0 Å². The highest BCUT2D eigenvalue weighted by molar-refractivity contribution is 5.94. The van der Waals surface area contributed by atoms with E-state index in [0.29, 0.717) is 24.5 Å². The fourth-order valence-electron chi connectivity index (χ4n) is 3.65. The van der Waals surface area contributed by atoms with Gasteiger partial charge in [0.15, 0.2) is 0 Å². The number of rotatable bonds is 7. The summed E-state index contributed by atoms with van der Waals surface area (Å²) < 4.78 is 13.3. The smallest absolute Gasteiger partial charge is 0.251 e. The number of imidazole rings is 1. The Morgan fingerprint density at radius 3 is 2.59 bits per heavy atom. The molecule has 0 unspecified atom stereocenters. The molecule has 1 aromatic carbocycles. The molecular formula is C25H26N4O3. The van der Waals surface area contributed by atoms with Gasteiger partial charge in [-0.1, -0.05) is 6.07 Å². The van der Waals surface area contributed by atoms with Crippen LogP contribution in [0.2, 0.25) is 0 Å². The topological polar surface area (TPSA) is 77.8 Å². The molecule has 0 saturated carbocycles. The highest BCUT2D eigenvalue weighted by atomic mass is 16.5. The second kappa shape index (κ2) is 9.09. The number of carbonyl (C=O) groups excluding carboxylic acids is 1. The summed E-state index contributed by atoms with van der Waals surface area (Å²) in [5, 5.41) is 2.91. The Kier molecular flexibility index (Phi) is 6.07. The second-order valence-corrected chi connectivity index (χ2v) is 7.70. The van der Waals surface area contributed by atoms with Crippen molar-refractivity contribution in [2.24, 2.45) is 0 Å². The Labute approximate surface area is 187 Å². The molecule has 32 heavy (non-hydrogen) atoms. The van der Waals surface area contributed by atoms with Crippen LogP contribution in [0.25, 0.3) is 5.65 Å². The summed E-state index contributed by atoms with van der Waals surface area (Å²) in [6.45, 7) is 6.60. The van der Waals surface area contributed by atoms with Gasteiger partial charge in [0, 0.05) is 35.3 Å². The number of nitrogens with one attached hydrogen (secondary N) is 1.